The van der Waals surface area contributed by atoms with E-state index in [0.717, 1.165) is 0 Å². The highest BCUT2D eigenvalue weighted by Gasteiger charge is 2.41. The molecule has 0 amide bonds. The predicted octanol–water partition coefficient (Wildman–Crippen LogP) is -2.15. The second-order valence-corrected chi connectivity index (χ2v) is 3.03. The first-order valence-electron chi connectivity index (χ1n) is 3.88. The van der Waals surface area contributed by atoms with E-state index < -0.39 is 30.5 Å². The van der Waals surface area contributed by atoms with E-state index in [1.165, 1.54) is 0 Å². The van der Waals surface area contributed by atoms with Crippen LogP contribution in [0.15, 0.2) is 0 Å². The fourth-order valence-electron chi connectivity index (χ4n) is 1.29. The van der Waals surface area contributed by atoms with Crippen LogP contribution < -0.4 is 0 Å². The van der Waals surface area contributed by atoms with Gasteiger partial charge in [-0.3, -0.25) is 0 Å². The maximum absolute atomic E-state index is 9.23. The largest absolute Gasteiger partial charge is 0.394 e. The van der Waals surface area contributed by atoms with Gasteiger partial charge in [0, 0.05) is 0 Å². The molecule has 1 unspecified atom stereocenters. The summed E-state index contributed by atoms with van der Waals surface area (Å²) in [6.07, 6.45) is -4.94. The Bertz CT molecular complexity index is 146. The number of hydrogen-bond acceptors (Lipinski definition) is 5. The van der Waals surface area contributed by atoms with Crippen molar-refractivity contribution in [3.63, 3.8) is 0 Å². The fraction of sp³-hybridized carbons (Fsp3) is 1.00. The Kier molecular flexibility index (Phi) is 3.03. The molecule has 0 radical (unpaired) electrons. The molecule has 0 spiro atoms. The van der Waals surface area contributed by atoms with Crippen molar-refractivity contribution in [2.24, 2.45) is 0 Å². The first-order valence-corrected chi connectivity index (χ1v) is 3.88. The van der Waals surface area contributed by atoms with Gasteiger partial charge in [0.25, 0.3) is 0 Å². The Balaban J connectivity index is 2.63. The maximum Gasteiger partial charge on any atom is 0.111 e. The van der Waals surface area contributed by atoms with E-state index in [-0.39, 0.29) is 6.61 Å². The van der Waals surface area contributed by atoms with Crippen molar-refractivity contribution >= 4 is 0 Å². The number of ether oxygens (including phenoxy) is 1. The second kappa shape index (κ2) is 3.68. The zero-order valence-electron chi connectivity index (χ0n) is 6.79. The van der Waals surface area contributed by atoms with Crippen molar-refractivity contribution in [3.05, 3.63) is 0 Å². The van der Waals surface area contributed by atoms with Gasteiger partial charge in [-0.05, 0) is 6.92 Å². The summed E-state index contributed by atoms with van der Waals surface area (Å²) < 4.78 is 5.02. The summed E-state index contributed by atoms with van der Waals surface area (Å²) in [5, 5.41) is 36.4. The van der Waals surface area contributed by atoms with Gasteiger partial charge in [0.2, 0.25) is 0 Å². The fourth-order valence-corrected chi connectivity index (χ4v) is 1.29. The Hall–Kier alpha value is -0.200. The molecule has 12 heavy (non-hydrogen) atoms. The van der Waals surface area contributed by atoms with Gasteiger partial charge in [0.05, 0.1) is 12.7 Å². The van der Waals surface area contributed by atoms with E-state index in [2.05, 4.69) is 0 Å². The summed E-state index contributed by atoms with van der Waals surface area (Å²) in [4.78, 5) is 0. The quantitative estimate of drug-likeness (QED) is 0.367. The minimum absolute atomic E-state index is 0.366. The van der Waals surface area contributed by atoms with Crippen LogP contribution in [-0.2, 0) is 4.74 Å². The van der Waals surface area contributed by atoms with Crippen LogP contribution in [0.4, 0.5) is 0 Å². The monoisotopic (exact) mass is 178 g/mol. The van der Waals surface area contributed by atoms with Crippen LogP contribution in [0.3, 0.4) is 0 Å². The second-order valence-electron chi connectivity index (χ2n) is 3.03. The summed E-state index contributed by atoms with van der Waals surface area (Å²) in [5.74, 6) is 0. The van der Waals surface area contributed by atoms with Crippen LogP contribution in [0.2, 0.25) is 0 Å². The average molecular weight is 178 g/mol. The van der Waals surface area contributed by atoms with E-state index in [0.29, 0.717) is 0 Å². The van der Waals surface area contributed by atoms with Crippen LogP contribution >= 0.6 is 0 Å². The van der Waals surface area contributed by atoms with Crippen LogP contribution in [0.1, 0.15) is 6.92 Å². The summed E-state index contributed by atoms with van der Waals surface area (Å²) in [5.41, 5.74) is 0. The van der Waals surface area contributed by atoms with Crippen LogP contribution in [-0.4, -0.2) is 57.6 Å². The zero-order chi connectivity index (χ0) is 9.30. The van der Waals surface area contributed by atoms with Crippen LogP contribution in [0.25, 0.3) is 0 Å². The third-order valence-corrected chi connectivity index (χ3v) is 2.13. The third kappa shape index (κ3) is 1.60. The molecule has 0 aromatic heterocycles. The molecule has 1 heterocycles. The zero-order valence-corrected chi connectivity index (χ0v) is 6.79. The van der Waals surface area contributed by atoms with Crippen LogP contribution in [0, 0.1) is 0 Å². The molecule has 5 atom stereocenters. The van der Waals surface area contributed by atoms with Gasteiger partial charge in [-0.25, -0.2) is 0 Å². The van der Waals surface area contributed by atoms with E-state index in [9.17, 15) is 15.3 Å². The summed E-state index contributed by atoms with van der Waals surface area (Å²) in [7, 11) is 0. The number of rotatable bonds is 1. The van der Waals surface area contributed by atoms with Gasteiger partial charge in [-0.2, -0.15) is 0 Å². The van der Waals surface area contributed by atoms with Crippen molar-refractivity contribution in [3.8, 4) is 0 Å². The van der Waals surface area contributed by atoms with Crippen molar-refractivity contribution in [2.45, 2.75) is 37.4 Å². The molecule has 1 rings (SSSR count). The molecule has 1 aliphatic rings. The molecule has 0 saturated carbocycles. The third-order valence-electron chi connectivity index (χ3n) is 2.13. The van der Waals surface area contributed by atoms with E-state index in [1.807, 2.05) is 0 Å². The number of aliphatic hydroxyl groups is 4. The molecular weight excluding hydrogens is 164 g/mol. The van der Waals surface area contributed by atoms with Gasteiger partial charge in [-0.1, -0.05) is 0 Å². The molecule has 0 aliphatic carbocycles. The van der Waals surface area contributed by atoms with Crippen molar-refractivity contribution in [1.82, 2.24) is 0 Å². The SMILES string of the molecule is C[C@H]1OC(CO)[C@@H](O)[C@H](O)[C@H]1O. The van der Waals surface area contributed by atoms with Crippen molar-refractivity contribution in [1.29, 1.82) is 0 Å². The van der Waals surface area contributed by atoms with Crippen molar-refractivity contribution < 1.29 is 25.2 Å². The maximum atomic E-state index is 9.23. The highest BCUT2D eigenvalue weighted by atomic mass is 16.5. The van der Waals surface area contributed by atoms with Gasteiger partial charge in [-0.15, -0.1) is 0 Å². The first kappa shape index (κ1) is 9.88. The smallest absolute Gasteiger partial charge is 0.111 e. The molecule has 1 fully saturated rings. The molecule has 5 heteroatoms. The lowest BCUT2D eigenvalue weighted by molar-refractivity contribution is -0.224. The summed E-state index contributed by atoms with van der Waals surface area (Å²) in [6.45, 7) is 1.21. The molecule has 0 aromatic rings. The molecule has 1 saturated heterocycles. The Labute approximate surface area is 70.2 Å². The molecule has 5 nitrogen and oxygen atoms in total. The van der Waals surface area contributed by atoms with E-state index in [1.54, 1.807) is 6.92 Å². The Morgan fingerprint density at radius 1 is 1.08 bits per heavy atom. The first-order chi connectivity index (χ1) is 5.57. The van der Waals surface area contributed by atoms with Gasteiger partial charge in [0.1, 0.15) is 24.4 Å². The molecule has 4 N–H and O–H groups in total. The minimum Gasteiger partial charge on any atom is -0.394 e. The summed E-state index contributed by atoms with van der Waals surface area (Å²) in [6, 6.07) is 0. The van der Waals surface area contributed by atoms with E-state index in [4.69, 9.17) is 9.84 Å². The number of aliphatic hydroxyl groups excluding tert-OH is 4. The average Bonchev–Trinajstić information content (AvgIpc) is 2.08. The van der Waals surface area contributed by atoms with Crippen LogP contribution in [0.5, 0.6) is 0 Å². The molecular formula is C7H14O5. The number of hydrogen-bond donors (Lipinski definition) is 4. The Morgan fingerprint density at radius 2 is 1.67 bits per heavy atom. The van der Waals surface area contributed by atoms with Gasteiger partial charge < -0.3 is 25.2 Å². The lowest BCUT2D eigenvalue weighted by atomic mass is 9.96. The lowest BCUT2D eigenvalue weighted by Gasteiger charge is -2.38. The van der Waals surface area contributed by atoms with Gasteiger partial charge in [0.15, 0.2) is 0 Å². The lowest BCUT2D eigenvalue weighted by Crippen LogP contribution is -2.57. The standard InChI is InChI=1S/C7H14O5/c1-3-5(9)7(11)6(10)4(2-8)12-3/h3-11H,2H2,1H3/t3-,4?,5+,6-,7-/m1/s1. The minimum atomic E-state index is -1.24. The molecule has 0 bridgehead atoms. The molecule has 72 valence electrons. The van der Waals surface area contributed by atoms with E-state index >= 15 is 0 Å². The molecule has 0 aromatic carbocycles. The highest BCUT2D eigenvalue weighted by molar-refractivity contribution is 4.89. The highest BCUT2D eigenvalue weighted by Crippen LogP contribution is 2.20. The molecule has 1 aliphatic heterocycles. The normalized spacial score (nSPS) is 49.2. The van der Waals surface area contributed by atoms with Gasteiger partial charge >= 0.3 is 0 Å². The topological polar surface area (TPSA) is 90.2 Å². The van der Waals surface area contributed by atoms with Crippen molar-refractivity contribution in [2.75, 3.05) is 6.61 Å². The summed E-state index contributed by atoms with van der Waals surface area (Å²) >= 11 is 0. The Morgan fingerprint density at radius 3 is 2.17 bits per heavy atom. The predicted molar refractivity (Wildman–Crippen MR) is 39.4 cm³/mol.